The van der Waals surface area contributed by atoms with Crippen LogP contribution in [0, 0.1) is 11.3 Å². The van der Waals surface area contributed by atoms with Crippen LogP contribution in [0.5, 0.6) is 5.75 Å². The number of aryl methyl sites for hydroxylation is 1. The van der Waals surface area contributed by atoms with E-state index in [4.69, 9.17) is 9.47 Å². The molecule has 204 valence electrons. The first-order valence-electron chi connectivity index (χ1n) is 13.0. The van der Waals surface area contributed by atoms with Gasteiger partial charge in [-0.05, 0) is 74.4 Å². The number of nitriles is 1. The molecule has 1 aromatic carbocycles. The van der Waals surface area contributed by atoms with Crippen molar-refractivity contribution in [3.8, 4) is 11.8 Å². The maximum Gasteiger partial charge on any atom is 0.413 e. The van der Waals surface area contributed by atoms with Crippen molar-refractivity contribution in [2.24, 2.45) is 0 Å². The van der Waals surface area contributed by atoms with Crippen LogP contribution in [-0.4, -0.2) is 54.3 Å². The zero-order chi connectivity index (χ0) is 27.6. The molecule has 0 aliphatic heterocycles. The van der Waals surface area contributed by atoms with Gasteiger partial charge in [-0.25, -0.2) is 9.78 Å². The molecule has 0 radical (unpaired) electrons. The van der Waals surface area contributed by atoms with Crippen LogP contribution in [0.3, 0.4) is 0 Å². The van der Waals surface area contributed by atoms with Gasteiger partial charge in [0.2, 0.25) is 0 Å². The van der Waals surface area contributed by atoms with E-state index in [2.05, 4.69) is 27.0 Å². The zero-order valence-corrected chi connectivity index (χ0v) is 21.8. The first kappa shape index (κ1) is 27.6. The maximum absolute atomic E-state index is 12.5. The molecular formula is C28H32N6O5. The molecule has 2 atom stereocenters. The highest BCUT2D eigenvalue weighted by Gasteiger charge is 2.25. The van der Waals surface area contributed by atoms with E-state index in [9.17, 15) is 19.6 Å². The summed E-state index contributed by atoms with van der Waals surface area (Å²) in [5, 5.41) is 19.2. The number of benzene rings is 1. The minimum Gasteiger partial charge on any atom is -0.482 e. The summed E-state index contributed by atoms with van der Waals surface area (Å²) in [7, 11) is 1.66. The number of anilines is 2. The predicted molar refractivity (Wildman–Crippen MR) is 147 cm³/mol. The Morgan fingerprint density at radius 1 is 1.23 bits per heavy atom. The summed E-state index contributed by atoms with van der Waals surface area (Å²) >= 11 is 0. The van der Waals surface area contributed by atoms with Crippen molar-refractivity contribution >= 4 is 34.9 Å². The minimum absolute atomic E-state index is 0.0887. The van der Waals surface area contributed by atoms with Gasteiger partial charge in [0.25, 0.3) is 5.56 Å². The average molecular weight is 533 g/mol. The molecule has 0 spiro atoms. The Labute approximate surface area is 226 Å². The topological polar surface area (TPSA) is 147 Å². The zero-order valence-electron chi connectivity index (χ0n) is 21.8. The van der Waals surface area contributed by atoms with E-state index < -0.39 is 6.09 Å². The molecule has 1 saturated carbocycles. The SMILES string of the molecule is CNc1nc(NC(=O)OC2CCCC(NCCCn3c(=O)ccc4ccc(C#N)cc43)C2)ccc1OCC=O. The van der Waals surface area contributed by atoms with Crippen LogP contribution in [0.25, 0.3) is 10.9 Å². The number of nitrogens with zero attached hydrogens (tertiary/aromatic N) is 3. The lowest BCUT2D eigenvalue weighted by atomic mass is 9.93. The van der Waals surface area contributed by atoms with E-state index in [0.717, 1.165) is 36.6 Å². The van der Waals surface area contributed by atoms with E-state index in [1.807, 2.05) is 6.07 Å². The van der Waals surface area contributed by atoms with Gasteiger partial charge in [0, 0.05) is 25.7 Å². The summed E-state index contributed by atoms with van der Waals surface area (Å²) in [5.41, 5.74) is 1.20. The average Bonchev–Trinajstić information content (AvgIpc) is 2.95. The second-order valence-corrected chi connectivity index (χ2v) is 9.30. The Morgan fingerprint density at radius 2 is 2.08 bits per heavy atom. The summed E-state index contributed by atoms with van der Waals surface area (Å²) < 4.78 is 12.7. The van der Waals surface area contributed by atoms with Gasteiger partial charge in [-0.2, -0.15) is 5.26 Å². The number of rotatable bonds is 11. The van der Waals surface area contributed by atoms with Crippen LogP contribution in [0.4, 0.5) is 16.4 Å². The molecule has 11 nitrogen and oxygen atoms in total. The lowest BCUT2D eigenvalue weighted by Gasteiger charge is -2.29. The number of carbonyl (C=O) groups is 2. The molecular weight excluding hydrogens is 500 g/mol. The Balaban J connectivity index is 1.25. The highest BCUT2D eigenvalue weighted by atomic mass is 16.6. The quantitative estimate of drug-likeness (QED) is 0.250. The number of carbonyl (C=O) groups excluding carboxylic acids is 2. The maximum atomic E-state index is 12.5. The molecule has 39 heavy (non-hydrogen) atoms. The minimum atomic E-state index is -0.580. The van der Waals surface area contributed by atoms with Crippen molar-refractivity contribution in [3.05, 3.63) is 58.4 Å². The molecule has 0 saturated heterocycles. The van der Waals surface area contributed by atoms with E-state index in [1.165, 1.54) is 0 Å². The fraction of sp³-hybridized carbons (Fsp3) is 0.393. The van der Waals surface area contributed by atoms with Crippen molar-refractivity contribution in [1.82, 2.24) is 14.9 Å². The number of fused-ring (bicyclic) bond motifs is 1. The molecule has 3 N–H and O–H groups in total. The van der Waals surface area contributed by atoms with Crippen molar-refractivity contribution in [1.29, 1.82) is 5.26 Å². The summed E-state index contributed by atoms with van der Waals surface area (Å²) in [4.78, 5) is 39.8. The first-order chi connectivity index (χ1) is 19.0. The fourth-order valence-corrected chi connectivity index (χ4v) is 4.79. The molecule has 2 unspecified atom stereocenters. The number of aldehydes is 1. The van der Waals surface area contributed by atoms with Gasteiger partial charge in [0.1, 0.15) is 18.5 Å². The Kier molecular flexibility index (Phi) is 9.48. The number of amides is 1. The third-order valence-electron chi connectivity index (χ3n) is 6.65. The van der Waals surface area contributed by atoms with Gasteiger partial charge in [-0.15, -0.1) is 0 Å². The summed E-state index contributed by atoms with van der Waals surface area (Å²) in [6, 6.07) is 14.2. The third kappa shape index (κ3) is 7.33. The van der Waals surface area contributed by atoms with Crippen LogP contribution in [0.15, 0.2) is 47.3 Å². The number of ether oxygens (including phenoxy) is 2. The third-order valence-corrected chi connectivity index (χ3v) is 6.65. The molecule has 1 amide bonds. The van der Waals surface area contributed by atoms with Gasteiger partial charge in [0.15, 0.2) is 17.9 Å². The number of aromatic nitrogens is 2. The molecule has 1 aliphatic carbocycles. The van der Waals surface area contributed by atoms with Crippen molar-refractivity contribution < 1.29 is 19.1 Å². The largest absolute Gasteiger partial charge is 0.482 e. The fourth-order valence-electron chi connectivity index (χ4n) is 4.79. The Morgan fingerprint density at radius 3 is 2.87 bits per heavy atom. The normalized spacial score (nSPS) is 16.7. The Bertz CT molecular complexity index is 1420. The van der Waals surface area contributed by atoms with E-state index in [1.54, 1.807) is 48.0 Å². The van der Waals surface area contributed by atoms with Crippen LogP contribution < -0.4 is 26.2 Å². The number of hydrogen-bond acceptors (Lipinski definition) is 9. The summed E-state index contributed by atoms with van der Waals surface area (Å²) in [5.74, 6) is 1.11. The van der Waals surface area contributed by atoms with Gasteiger partial charge < -0.3 is 24.7 Å². The van der Waals surface area contributed by atoms with E-state index in [-0.39, 0.29) is 24.3 Å². The van der Waals surface area contributed by atoms with Crippen molar-refractivity contribution in [2.75, 3.05) is 30.8 Å². The molecule has 2 heterocycles. The lowest BCUT2D eigenvalue weighted by molar-refractivity contribution is -0.109. The predicted octanol–water partition coefficient (Wildman–Crippen LogP) is 3.43. The number of hydrogen-bond donors (Lipinski definition) is 3. The molecule has 2 aromatic heterocycles. The van der Waals surface area contributed by atoms with Gasteiger partial charge in [-0.3, -0.25) is 14.9 Å². The molecule has 0 bridgehead atoms. The lowest BCUT2D eigenvalue weighted by Crippen LogP contribution is -2.39. The van der Waals surface area contributed by atoms with Gasteiger partial charge >= 0.3 is 6.09 Å². The van der Waals surface area contributed by atoms with Crippen LogP contribution in [0.2, 0.25) is 0 Å². The highest BCUT2D eigenvalue weighted by molar-refractivity contribution is 5.84. The monoisotopic (exact) mass is 532 g/mol. The van der Waals surface area contributed by atoms with Gasteiger partial charge in [-0.1, -0.05) is 6.07 Å². The summed E-state index contributed by atoms with van der Waals surface area (Å²) in [6.07, 6.45) is 3.98. The molecule has 1 aliphatic rings. The second kappa shape index (κ2) is 13.4. The van der Waals surface area contributed by atoms with Crippen LogP contribution in [-0.2, 0) is 16.1 Å². The first-order valence-corrected chi connectivity index (χ1v) is 13.0. The highest BCUT2D eigenvalue weighted by Crippen LogP contribution is 2.25. The van der Waals surface area contributed by atoms with E-state index >= 15 is 0 Å². The van der Waals surface area contributed by atoms with Crippen molar-refractivity contribution in [3.63, 3.8) is 0 Å². The number of pyridine rings is 2. The molecule has 3 aromatic rings. The standard InChI is InChI=1S/C28H32N6O5/c1-30-27-24(38-15-14-35)9-10-25(32-27)33-28(37)39-22-5-2-4-21(17-22)31-12-3-13-34-23-16-19(18-29)6-7-20(23)8-11-26(34)36/h6-11,14,16,21-22,31H,2-5,12-13,15,17H2,1H3,(H2,30,32,33,37). The smallest absolute Gasteiger partial charge is 0.413 e. The molecule has 11 heteroatoms. The number of nitrogens with one attached hydrogen (secondary N) is 3. The van der Waals surface area contributed by atoms with Crippen LogP contribution >= 0.6 is 0 Å². The van der Waals surface area contributed by atoms with Crippen molar-refractivity contribution in [2.45, 2.75) is 50.8 Å². The summed E-state index contributed by atoms with van der Waals surface area (Å²) in [6.45, 7) is 1.15. The van der Waals surface area contributed by atoms with Gasteiger partial charge in [0.05, 0.1) is 17.1 Å². The Hall–Kier alpha value is -4.43. The second-order valence-electron chi connectivity index (χ2n) is 9.30. The van der Waals surface area contributed by atoms with E-state index in [0.29, 0.717) is 48.7 Å². The van der Waals surface area contributed by atoms with Crippen LogP contribution in [0.1, 0.15) is 37.7 Å². The molecule has 4 rings (SSSR count). The molecule has 1 fully saturated rings.